The monoisotopic (exact) mass is 345 g/mol. The maximum absolute atomic E-state index is 5.65. The lowest BCUT2D eigenvalue weighted by molar-refractivity contribution is 0.190. The number of aryl methyl sites for hydroxylation is 2. The second-order valence-corrected chi connectivity index (χ2v) is 7.00. The summed E-state index contributed by atoms with van der Waals surface area (Å²) < 4.78 is 11.2. The first-order valence-electron chi connectivity index (χ1n) is 7.91. The largest absolute Gasteiger partial charge is 0.459 e. The van der Waals surface area contributed by atoms with E-state index in [1.54, 1.807) is 0 Å². The third kappa shape index (κ3) is 2.77. The fourth-order valence-electron chi connectivity index (χ4n) is 2.81. The number of hydrogen-bond acceptors (Lipinski definition) is 8. The van der Waals surface area contributed by atoms with Crippen LogP contribution >= 0.6 is 11.3 Å². The maximum Gasteiger partial charge on any atom is 0.269 e. The molecule has 7 nitrogen and oxygen atoms in total. The van der Waals surface area contributed by atoms with Crippen molar-refractivity contribution >= 4 is 11.3 Å². The van der Waals surface area contributed by atoms with Gasteiger partial charge in [-0.2, -0.15) is 4.98 Å². The molecule has 0 saturated carbocycles. The molecule has 0 aliphatic carbocycles. The third-order valence-corrected chi connectivity index (χ3v) is 5.35. The lowest BCUT2D eigenvalue weighted by atomic mass is 10.2. The van der Waals surface area contributed by atoms with E-state index in [-0.39, 0.29) is 6.04 Å². The second kappa shape index (κ2) is 6.12. The summed E-state index contributed by atoms with van der Waals surface area (Å²) in [6.45, 7) is 6.65. The number of aromatic nitrogens is 3. The molecule has 0 bridgehead atoms. The molecule has 8 heteroatoms. The van der Waals surface area contributed by atoms with E-state index >= 15 is 0 Å². The zero-order valence-corrected chi connectivity index (χ0v) is 14.7. The normalized spacial score (nSPS) is 19.0. The lowest BCUT2D eigenvalue weighted by Gasteiger charge is -2.30. The van der Waals surface area contributed by atoms with Gasteiger partial charge in [0.15, 0.2) is 16.6 Å². The van der Waals surface area contributed by atoms with Gasteiger partial charge in [0.25, 0.3) is 5.89 Å². The standard InChI is InChI=1S/C16H19N5O2S/c1-9-4-5-12(22-9)16-18-10(2)13(24-16)15-19-14(20-23-15)11-8-17-6-7-21(11)3/h4-5,11,17H,6-8H2,1-3H3. The predicted molar refractivity (Wildman–Crippen MR) is 90.8 cm³/mol. The number of rotatable bonds is 3. The van der Waals surface area contributed by atoms with E-state index in [9.17, 15) is 0 Å². The second-order valence-electron chi connectivity index (χ2n) is 6.00. The molecule has 1 aliphatic rings. The Labute approximate surface area is 143 Å². The van der Waals surface area contributed by atoms with Crippen LogP contribution in [0.4, 0.5) is 0 Å². The van der Waals surface area contributed by atoms with Crippen LogP contribution in [-0.4, -0.2) is 46.7 Å². The molecule has 126 valence electrons. The van der Waals surface area contributed by atoms with Crippen molar-refractivity contribution in [2.75, 3.05) is 26.7 Å². The predicted octanol–water partition coefficient (Wildman–Crippen LogP) is 2.65. The molecule has 1 atom stereocenters. The van der Waals surface area contributed by atoms with Crippen molar-refractivity contribution in [3.8, 4) is 21.5 Å². The summed E-state index contributed by atoms with van der Waals surface area (Å²) in [6.07, 6.45) is 0. The lowest BCUT2D eigenvalue weighted by Crippen LogP contribution is -2.44. The molecule has 0 radical (unpaired) electrons. The first kappa shape index (κ1) is 15.5. The Bertz CT molecular complexity index is 852. The van der Waals surface area contributed by atoms with Crippen LogP contribution in [0.25, 0.3) is 21.5 Å². The van der Waals surface area contributed by atoms with Gasteiger partial charge < -0.3 is 14.3 Å². The number of piperazine rings is 1. The summed E-state index contributed by atoms with van der Waals surface area (Å²) in [7, 11) is 2.08. The highest BCUT2D eigenvalue weighted by molar-refractivity contribution is 7.18. The summed E-state index contributed by atoms with van der Waals surface area (Å²) in [5.41, 5.74) is 0.870. The minimum atomic E-state index is 0.136. The van der Waals surface area contributed by atoms with E-state index in [1.807, 2.05) is 26.0 Å². The Morgan fingerprint density at radius 3 is 2.92 bits per heavy atom. The molecule has 0 amide bonds. The molecule has 0 aromatic carbocycles. The number of nitrogens with one attached hydrogen (secondary N) is 1. The average Bonchev–Trinajstić information content (AvgIpc) is 3.27. The van der Waals surface area contributed by atoms with Crippen LogP contribution in [0.3, 0.4) is 0 Å². The van der Waals surface area contributed by atoms with E-state index in [1.165, 1.54) is 11.3 Å². The molecule has 1 N–H and O–H groups in total. The Morgan fingerprint density at radius 2 is 2.17 bits per heavy atom. The fourth-order valence-corrected chi connectivity index (χ4v) is 3.76. The van der Waals surface area contributed by atoms with Gasteiger partial charge in [-0.15, -0.1) is 11.3 Å². The molecule has 3 aromatic heterocycles. The van der Waals surface area contributed by atoms with Crippen LogP contribution < -0.4 is 5.32 Å². The van der Waals surface area contributed by atoms with Crippen LogP contribution in [0.5, 0.6) is 0 Å². The van der Waals surface area contributed by atoms with Crippen molar-refractivity contribution in [1.82, 2.24) is 25.3 Å². The van der Waals surface area contributed by atoms with Gasteiger partial charge in [0, 0.05) is 19.6 Å². The van der Waals surface area contributed by atoms with Crippen molar-refractivity contribution < 1.29 is 8.94 Å². The highest BCUT2D eigenvalue weighted by atomic mass is 32.1. The summed E-state index contributed by atoms with van der Waals surface area (Å²) in [4.78, 5) is 12.3. The Kier molecular flexibility index (Phi) is 3.95. The van der Waals surface area contributed by atoms with E-state index in [0.717, 1.165) is 46.7 Å². The van der Waals surface area contributed by atoms with Crippen LogP contribution in [0.1, 0.15) is 23.3 Å². The minimum Gasteiger partial charge on any atom is -0.459 e. The number of furan rings is 1. The van der Waals surface area contributed by atoms with Gasteiger partial charge in [0.2, 0.25) is 0 Å². The number of hydrogen-bond donors (Lipinski definition) is 1. The van der Waals surface area contributed by atoms with E-state index < -0.39 is 0 Å². The van der Waals surface area contributed by atoms with Crippen LogP contribution in [0.2, 0.25) is 0 Å². The third-order valence-electron chi connectivity index (χ3n) is 4.19. The van der Waals surface area contributed by atoms with E-state index in [0.29, 0.717) is 11.7 Å². The summed E-state index contributed by atoms with van der Waals surface area (Å²) in [5, 5.41) is 8.37. The number of thiazole rings is 1. The highest BCUT2D eigenvalue weighted by Gasteiger charge is 2.26. The molecule has 0 spiro atoms. The minimum absolute atomic E-state index is 0.136. The molecule has 4 rings (SSSR count). The highest BCUT2D eigenvalue weighted by Crippen LogP contribution is 2.35. The summed E-state index contributed by atoms with van der Waals surface area (Å²) >= 11 is 1.51. The van der Waals surface area contributed by atoms with Crippen molar-refractivity contribution in [1.29, 1.82) is 0 Å². The van der Waals surface area contributed by atoms with Gasteiger partial charge in [-0.25, -0.2) is 4.98 Å². The van der Waals surface area contributed by atoms with Gasteiger partial charge in [0.1, 0.15) is 10.6 Å². The summed E-state index contributed by atoms with van der Waals surface area (Å²) in [5.74, 6) is 2.87. The zero-order valence-electron chi connectivity index (χ0n) is 13.9. The van der Waals surface area contributed by atoms with Gasteiger partial charge in [-0.05, 0) is 33.0 Å². The molecule has 1 saturated heterocycles. The van der Waals surface area contributed by atoms with Crippen LogP contribution in [0, 0.1) is 13.8 Å². The molecule has 1 unspecified atom stereocenters. The zero-order chi connectivity index (χ0) is 16.7. The molecular weight excluding hydrogens is 326 g/mol. The Morgan fingerprint density at radius 1 is 1.29 bits per heavy atom. The maximum atomic E-state index is 5.65. The molecule has 24 heavy (non-hydrogen) atoms. The molecule has 1 aliphatic heterocycles. The molecule has 1 fully saturated rings. The topological polar surface area (TPSA) is 80.2 Å². The van der Waals surface area contributed by atoms with E-state index in [4.69, 9.17) is 8.94 Å². The van der Waals surface area contributed by atoms with Crippen molar-refractivity contribution in [2.45, 2.75) is 19.9 Å². The Hall–Kier alpha value is -2.03. The first-order chi connectivity index (χ1) is 11.6. The fraction of sp³-hybridized carbons (Fsp3) is 0.438. The SMILES string of the molecule is Cc1ccc(-c2nc(C)c(-c3nc(C4CNCCN4C)no3)s2)o1. The van der Waals surface area contributed by atoms with Crippen molar-refractivity contribution in [3.05, 3.63) is 29.4 Å². The van der Waals surface area contributed by atoms with Gasteiger partial charge >= 0.3 is 0 Å². The van der Waals surface area contributed by atoms with Crippen molar-refractivity contribution in [2.24, 2.45) is 0 Å². The van der Waals surface area contributed by atoms with Gasteiger partial charge in [-0.3, -0.25) is 4.90 Å². The smallest absolute Gasteiger partial charge is 0.269 e. The number of nitrogens with zero attached hydrogens (tertiary/aromatic N) is 4. The van der Waals surface area contributed by atoms with Crippen molar-refractivity contribution in [3.63, 3.8) is 0 Å². The molecule has 3 aromatic rings. The average molecular weight is 345 g/mol. The quantitative estimate of drug-likeness (QED) is 0.781. The van der Waals surface area contributed by atoms with Crippen LogP contribution in [-0.2, 0) is 0 Å². The summed E-state index contributed by atoms with van der Waals surface area (Å²) in [6, 6.07) is 4.00. The number of likely N-dealkylation sites (N-methyl/N-ethyl adjacent to an activating group) is 1. The Balaban J connectivity index is 1.64. The van der Waals surface area contributed by atoms with Crippen LogP contribution in [0.15, 0.2) is 21.1 Å². The first-order valence-corrected chi connectivity index (χ1v) is 8.72. The molecule has 4 heterocycles. The van der Waals surface area contributed by atoms with Gasteiger partial charge in [0.05, 0.1) is 11.7 Å². The van der Waals surface area contributed by atoms with Gasteiger partial charge in [-0.1, -0.05) is 5.16 Å². The van der Waals surface area contributed by atoms with E-state index in [2.05, 4.69) is 32.4 Å². The molecular formula is C16H19N5O2S.